The van der Waals surface area contributed by atoms with E-state index in [1.54, 1.807) is 4.90 Å². The molecule has 1 saturated heterocycles. The second-order valence-electron chi connectivity index (χ2n) is 6.88. The van der Waals surface area contributed by atoms with Gasteiger partial charge in [0.25, 0.3) is 5.91 Å². The molecule has 1 aromatic heterocycles. The van der Waals surface area contributed by atoms with Crippen LogP contribution < -0.4 is 4.74 Å². The summed E-state index contributed by atoms with van der Waals surface area (Å²) < 4.78 is 35.0. The van der Waals surface area contributed by atoms with Crippen molar-refractivity contribution in [2.75, 3.05) is 18.1 Å². The molecule has 0 saturated carbocycles. The van der Waals surface area contributed by atoms with Crippen LogP contribution in [-0.4, -0.2) is 43.4 Å². The Kier molecular flexibility index (Phi) is 5.89. The molecule has 1 amide bonds. The number of benzene rings is 1. The summed E-state index contributed by atoms with van der Waals surface area (Å²) in [4.78, 5) is 14.4. The summed E-state index contributed by atoms with van der Waals surface area (Å²) in [6.07, 6.45) is 1.38. The van der Waals surface area contributed by atoms with Crippen LogP contribution in [-0.2, 0) is 27.6 Å². The van der Waals surface area contributed by atoms with Gasteiger partial charge in [-0.05, 0) is 49.6 Å². The van der Waals surface area contributed by atoms with E-state index < -0.39 is 9.84 Å². The number of nitrogens with zero attached hydrogens (tertiary/aromatic N) is 1. The summed E-state index contributed by atoms with van der Waals surface area (Å²) in [7, 11) is -3.10. The van der Waals surface area contributed by atoms with E-state index in [2.05, 4.69) is 6.92 Å². The molecule has 0 spiro atoms. The van der Waals surface area contributed by atoms with Gasteiger partial charge in [0.15, 0.2) is 16.4 Å². The summed E-state index contributed by atoms with van der Waals surface area (Å²) in [5.74, 6) is 1.86. The van der Waals surface area contributed by atoms with Crippen molar-refractivity contribution < 1.29 is 22.4 Å². The van der Waals surface area contributed by atoms with Gasteiger partial charge >= 0.3 is 0 Å². The first-order valence-electron chi connectivity index (χ1n) is 9.13. The van der Waals surface area contributed by atoms with Crippen LogP contribution in [0, 0.1) is 6.92 Å². The van der Waals surface area contributed by atoms with Gasteiger partial charge in [-0.3, -0.25) is 4.79 Å². The van der Waals surface area contributed by atoms with Gasteiger partial charge in [-0.15, -0.1) is 0 Å². The van der Waals surface area contributed by atoms with Crippen molar-refractivity contribution in [2.45, 2.75) is 39.3 Å². The average Bonchev–Trinajstić information content (AvgIpc) is 3.22. The first-order valence-corrected chi connectivity index (χ1v) is 11.0. The predicted molar refractivity (Wildman–Crippen MR) is 102 cm³/mol. The minimum atomic E-state index is -3.10. The predicted octanol–water partition coefficient (Wildman–Crippen LogP) is 2.75. The fourth-order valence-corrected chi connectivity index (χ4v) is 4.96. The molecule has 6 nitrogen and oxygen atoms in total. The second-order valence-corrected chi connectivity index (χ2v) is 9.11. The van der Waals surface area contributed by atoms with E-state index in [1.165, 1.54) is 5.56 Å². The van der Waals surface area contributed by atoms with E-state index in [9.17, 15) is 13.2 Å². The van der Waals surface area contributed by atoms with Crippen LogP contribution in [0.25, 0.3) is 0 Å². The van der Waals surface area contributed by atoms with E-state index in [0.29, 0.717) is 17.9 Å². The highest BCUT2D eigenvalue weighted by molar-refractivity contribution is 7.91. The van der Waals surface area contributed by atoms with Crippen LogP contribution in [0.4, 0.5) is 0 Å². The molecule has 0 radical (unpaired) electrons. The third-order valence-corrected chi connectivity index (χ3v) is 6.54. The van der Waals surface area contributed by atoms with Crippen LogP contribution >= 0.6 is 0 Å². The molecule has 1 atom stereocenters. The zero-order valence-corrected chi connectivity index (χ0v) is 16.5. The minimum absolute atomic E-state index is 0.0103. The fourth-order valence-electron chi connectivity index (χ4n) is 3.23. The molecule has 2 aromatic rings. The Morgan fingerprint density at radius 2 is 1.96 bits per heavy atom. The molecule has 1 aliphatic rings. The summed E-state index contributed by atoms with van der Waals surface area (Å²) in [6, 6.07) is 10.9. The second kappa shape index (κ2) is 8.17. The highest BCUT2D eigenvalue weighted by Crippen LogP contribution is 2.22. The first kappa shape index (κ1) is 19.5. The number of sulfone groups is 1. The van der Waals surface area contributed by atoms with Gasteiger partial charge < -0.3 is 14.1 Å². The van der Waals surface area contributed by atoms with Crippen LogP contribution in [0.5, 0.6) is 5.75 Å². The first-order chi connectivity index (χ1) is 12.9. The molecule has 0 bridgehead atoms. The zero-order chi connectivity index (χ0) is 19.4. The highest BCUT2D eigenvalue weighted by Gasteiger charge is 2.35. The van der Waals surface area contributed by atoms with Crippen molar-refractivity contribution in [3.05, 3.63) is 53.5 Å². The fraction of sp³-hybridized carbons (Fsp3) is 0.450. The lowest BCUT2D eigenvalue weighted by atomic mass is 10.2. The summed E-state index contributed by atoms with van der Waals surface area (Å²) in [6.45, 7) is 4.01. The van der Waals surface area contributed by atoms with Gasteiger partial charge in [-0.2, -0.15) is 0 Å². The van der Waals surface area contributed by atoms with E-state index >= 15 is 0 Å². The smallest absolute Gasteiger partial charge is 0.261 e. The molecular formula is C20H25NO5S. The Labute approximate surface area is 160 Å². The molecule has 27 heavy (non-hydrogen) atoms. The maximum absolute atomic E-state index is 12.8. The zero-order valence-electron chi connectivity index (χ0n) is 15.7. The van der Waals surface area contributed by atoms with Crippen molar-refractivity contribution in [1.82, 2.24) is 4.90 Å². The van der Waals surface area contributed by atoms with Crippen molar-refractivity contribution >= 4 is 15.7 Å². The van der Waals surface area contributed by atoms with Crippen molar-refractivity contribution in [1.29, 1.82) is 0 Å². The number of aryl methyl sites for hydroxylation is 2. The molecule has 2 heterocycles. The standard InChI is InChI=1S/C20H25NO5S/c1-3-16-5-8-18(9-6-16)25-13-20(22)21(12-19-7-4-15(2)26-19)17-10-11-27(23,24)14-17/h4-9,17H,3,10-14H2,1-2H3/t17-/m1/s1. The Bertz CT molecular complexity index is 885. The monoisotopic (exact) mass is 391 g/mol. The van der Waals surface area contributed by atoms with Gasteiger partial charge in [0.1, 0.15) is 17.3 Å². The quantitative estimate of drug-likeness (QED) is 0.725. The number of furan rings is 1. The summed E-state index contributed by atoms with van der Waals surface area (Å²) >= 11 is 0. The van der Waals surface area contributed by atoms with Gasteiger partial charge in [0, 0.05) is 6.04 Å². The lowest BCUT2D eigenvalue weighted by molar-refractivity contribution is -0.136. The third kappa shape index (κ3) is 5.13. The number of ether oxygens (including phenoxy) is 1. The molecule has 3 rings (SSSR count). The molecule has 1 fully saturated rings. The number of rotatable bonds is 7. The van der Waals surface area contributed by atoms with Crippen LogP contribution in [0.15, 0.2) is 40.8 Å². The number of carbonyl (C=O) groups excluding carboxylic acids is 1. The number of hydrogen-bond donors (Lipinski definition) is 0. The lowest BCUT2D eigenvalue weighted by Crippen LogP contribution is -2.43. The average molecular weight is 391 g/mol. The van der Waals surface area contributed by atoms with Crippen LogP contribution in [0.1, 0.15) is 30.4 Å². The number of amides is 1. The van der Waals surface area contributed by atoms with E-state index in [0.717, 1.165) is 12.2 Å². The van der Waals surface area contributed by atoms with Crippen molar-refractivity contribution in [3.8, 4) is 5.75 Å². The Hall–Kier alpha value is -2.28. The van der Waals surface area contributed by atoms with Gasteiger partial charge in [-0.25, -0.2) is 8.42 Å². The normalized spacial score (nSPS) is 18.4. The molecule has 0 unspecified atom stereocenters. The van der Waals surface area contributed by atoms with E-state index in [4.69, 9.17) is 9.15 Å². The number of hydrogen-bond acceptors (Lipinski definition) is 5. The summed E-state index contributed by atoms with van der Waals surface area (Å²) in [5.41, 5.74) is 1.19. The van der Waals surface area contributed by atoms with Gasteiger partial charge in [-0.1, -0.05) is 19.1 Å². The maximum Gasteiger partial charge on any atom is 0.261 e. The SMILES string of the molecule is CCc1ccc(OCC(=O)N(Cc2ccc(C)o2)[C@@H]2CCS(=O)(=O)C2)cc1. The molecule has 7 heteroatoms. The van der Waals surface area contributed by atoms with E-state index in [-0.39, 0.29) is 36.6 Å². The molecule has 0 N–H and O–H groups in total. The molecule has 1 aromatic carbocycles. The highest BCUT2D eigenvalue weighted by atomic mass is 32.2. The molecule has 1 aliphatic heterocycles. The minimum Gasteiger partial charge on any atom is -0.484 e. The van der Waals surface area contributed by atoms with E-state index in [1.807, 2.05) is 43.3 Å². The largest absolute Gasteiger partial charge is 0.484 e. The summed E-state index contributed by atoms with van der Waals surface area (Å²) in [5, 5.41) is 0. The van der Waals surface area contributed by atoms with Crippen LogP contribution in [0.3, 0.4) is 0 Å². The third-order valence-electron chi connectivity index (χ3n) is 4.79. The molecule has 0 aliphatic carbocycles. The maximum atomic E-state index is 12.8. The van der Waals surface area contributed by atoms with Gasteiger partial charge in [0.05, 0.1) is 18.1 Å². The number of carbonyl (C=O) groups is 1. The molecule has 146 valence electrons. The molecular weight excluding hydrogens is 366 g/mol. The van der Waals surface area contributed by atoms with Crippen LogP contribution in [0.2, 0.25) is 0 Å². The Morgan fingerprint density at radius 1 is 1.22 bits per heavy atom. The topological polar surface area (TPSA) is 76.8 Å². The lowest BCUT2D eigenvalue weighted by Gasteiger charge is -2.27. The Balaban J connectivity index is 1.69. The van der Waals surface area contributed by atoms with Gasteiger partial charge in [0.2, 0.25) is 0 Å². The Morgan fingerprint density at radius 3 is 2.52 bits per heavy atom. The van der Waals surface area contributed by atoms with Crippen molar-refractivity contribution in [3.63, 3.8) is 0 Å². The van der Waals surface area contributed by atoms with Crippen molar-refractivity contribution in [2.24, 2.45) is 0 Å².